The van der Waals surface area contributed by atoms with Gasteiger partial charge in [0.1, 0.15) is 35.2 Å². The van der Waals surface area contributed by atoms with Gasteiger partial charge in [0.05, 0.1) is 16.6 Å². The highest BCUT2D eigenvalue weighted by molar-refractivity contribution is 5.79. The molecule has 0 radical (unpaired) electrons. The molecular formula is C22H19NO5. The number of benzene rings is 2. The summed E-state index contributed by atoms with van der Waals surface area (Å²) in [4.78, 5) is 12.9. The molecule has 0 saturated carbocycles. The molecule has 0 aliphatic rings. The van der Waals surface area contributed by atoms with Gasteiger partial charge in [-0.05, 0) is 45.0 Å². The molecule has 0 spiro atoms. The maximum atomic E-state index is 12.9. The van der Waals surface area contributed by atoms with E-state index in [-0.39, 0.29) is 11.2 Å². The summed E-state index contributed by atoms with van der Waals surface area (Å²) in [5.74, 6) is 2.49. The number of rotatable bonds is 5. The standard InChI is InChI=1S/C22H19NO5/c1-13-19(14(2)28-23-13)12-25-17-9-10-18-20(11-17)26-15(3)22(21(18)24)27-16-7-5-4-6-8-16/h4-11H,12H2,1-3H3. The van der Waals surface area contributed by atoms with Gasteiger partial charge in [0.15, 0.2) is 0 Å². The lowest BCUT2D eigenvalue weighted by Gasteiger charge is -2.10. The summed E-state index contributed by atoms with van der Waals surface area (Å²) in [6.45, 7) is 5.74. The number of para-hydroxylation sites is 1. The summed E-state index contributed by atoms with van der Waals surface area (Å²) in [7, 11) is 0. The first-order chi connectivity index (χ1) is 13.5. The van der Waals surface area contributed by atoms with Crippen LogP contribution in [0.1, 0.15) is 22.8 Å². The van der Waals surface area contributed by atoms with Crippen molar-refractivity contribution in [1.82, 2.24) is 5.16 Å². The highest BCUT2D eigenvalue weighted by Crippen LogP contribution is 2.27. The zero-order valence-electron chi connectivity index (χ0n) is 15.8. The molecule has 0 atom stereocenters. The Bertz CT molecular complexity index is 1170. The van der Waals surface area contributed by atoms with Gasteiger partial charge in [-0.1, -0.05) is 23.4 Å². The second-order valence-corrected chi connectivity index (χ2v) is 6.48. The molecule has 142 valence electrons. The lowest BCUT2D eigenvalue weighted by Crippen LogP contribution is -2.07. The monoisotopic (exact) mass is 377 g/mol. The Hall–Kier alpha value is -3.54. The van der Waals surface area contributed by atoms with Gasteiger partial charge < -0.3 is 18.4 Å². The van der Waals surface area contributed by atoms with Gasteiger partial charge in [-0.15, -0.1) is 0 Å². The summed E-state index contributed by atoms with van der Waals surface area (Å²) in [6.07, 6.45) is 0. The van der Waals surface area contributed by atoms with Gasteiger partial charge in [-0.3, -0.25) is 4.79 Å². The summed E-state index contributed by atoms with van der Waals surface area (Å²) in [5.41, 5.74) is 1.92. The first-order valence-electron chi connectivity index (χ1n) is 8.88. The molecule has 2 heterocycles. The van der Waals surface area contributed by atoms with Crippen molar-refractivity contribution in [2.24, 2.45) is 0 Å². The third-order valence-electron chi connectivity index (χ3n) is 4.51. The molecule has 4 rings (SSSR count). The Labute approximate surface area is 161 Å². The van der Waals surface area contributed by atoms with Crippen molar-refractivity contribution in [3.8, 4) is 17.2 Å². The van der Waals surface area contributed by atoms with E-state index in [0.29, 0.717) is 34.8 Å². The molecule has 0 unspecified atom stereocenters. The smallest absolute Gasteiger partial charge is 0.235 e. The topological polar surface area (TPSA) is 74.7 Å². The minimum absolute atomic E-state index is 0.183. The van der Waals surface area contributed by atoms with Crippen molar-refractivity contribution < 1.29 is 18.4 Å². The van der Waals surface area contributed by atoms with Crippen molar-refractivity contribution in [1.29, 1.82) is 0 Å². The summed E-state index contributed by atoms with van der Waals surface area (Å²) < 4.78 is 22.6. The van der Waals surface area contributed by atoms with Crippen LogP contribution in [0, 0.1) is 20.8 Å². The van der Waals surface area contributed by atoms with Gasteiger partial charge in [-0.2, -0.15) is 0 Å². The molecule has 0 fully saturated rings. The van der Waals surface area contributed by atoms with Crippen LogP contribution < -0.4 is 14.9 Å². The molecule has 6 nitrogen and oxygen atoms in total. The van der Waals surface area contributed by atoms with Crippen molar-refractivity contribution >= 4 is 11.0 Å². The minimum atomic E-state index is -0.222. The molecular weight excluding hydrogens is 358 g/mol. The van der Waals surface area contributed by atoms with Crippen LogP contribution in [-0.4, -0.2) is 5.16 Å². The van der Waals surface area contributed by atoms with Crippen LogP contribution in [-0.2, 0) is 6.61 Å². The number of aromatic nitrogens is 1. The van der Waals surface area contributed by atoms with E-state index in [1.165, 1.54) is 0 Å². The van der Waals surface area contributed by atoms with E-state index in [4.69, 9.17) is 18.4 Å². The van der Waals surface area contributed by atoms with Crippen molar-refractivity contribution in [3.05, 3.63) is 81.5 Å². The molecule has 0 bridgehead atoms. The molecule has 6 heteroatoms. The van der Waals surface area contributed by atoms with Crippen molar-refractivity contribution in [2.45, 2.75) is 27.4 Å². The Morgan fingerprint density at radius 1 is 0.964 bits per heavy atom. The Morgan fingerprint density at radius 2 is 1.75 bits per heavy atom. The van der Waals surface area contributed by atoms with Crippen LogP contribution in [0.25, 0.3) is 11.0 Å². The first kappa shape index (κ1) is 17.9. The Kier molecular flexibility index (Phi) is 4.61. The predicted molar refractivity (Wildman–Crippen MR) is 104 cm³/mol. The zero-order chi connectivity index (χ0) is 19.7. The van der Waals surface area contributed by atoms with Gasteiger partial charge >= 0.3 is 0 Å². The summed E-state index contributed by atoms with van der Waals surface area (Å²) >= 11 is 0. The van der Waals surface area contributed by atoms with Crippen LogP contribution in [0.3, 0.4) is 0 Å². The second kappa shape index (κ2) is 7.23. The van der Waals surface area contributed by atoms with Crippen LogP contribution in [0.5, 0.6) is 17.2 Å². The lowest BCUT2D eigenvalue weighted by molar-refractivity contribution is 0.301. The SMILES string of the molecule is Cc1noc(C)c1COc1ccc2c(=O)c(Oc3ccccc3)c(C)oc2c1. The molecule has 0 aliphatic carbocycles. The molecule has 2 aromatic heterocycles. The normalized spacial score (nSPS) is 11.0. The molecule has 28 heavy (non-hydrogen) atoms. The predicted octanol–water partition coefficient (Wildman–Crippen LogP) is 5.08. The largest absolute Gasteiger partial charge is 0.489 e. The molecule has 0 N–H and O–H groups in total. The fourth-order valence-corrected chi connectivity index (χ4v) is 2.95. The number of aryl methyl sites for hydroxylation is 3. The highest BCUT2D eigenvalue weighted by atomic mass is 16.5. The van der Waals surface area contributed by atoms with Crippen molar-refractivity contribution in [2.75, 3.05) is 0 Å². The van der Waals surface area contributed by atoms with Crippen LogP contribution >= 0.6 is 0 Å². The molecule has 0 saturated heterocycles. The molecule has 4 aromatic rings. The number of nitrogens with zero attached hydrogens (tertiary/aromatic N) is 1. The van der Waals surface area contributed by atoms with Crippen LogP contribution in [0.2, 0.25) is 0 Å². The van der Waals surface area contributed by atoms with Gasteiger partial charge in [-0.25, -0.2) is 0 Å². The van der Waals surface area contributed by atoms with Gasteiger partial charge in [0.2, 0.25) is 11.2 Å². The average molecular weight is 377 g/mol. The maximum Gasteiger partial charge on any atom is 0.235 e. The van der Waals surface area contributed by atoms with E-state index in [1.54, 1.807) is 37.3 Å². The molecule has 2 aromatic carbocycles. The van der Waals surface area contributed by atoms with E-state index in [2.05, 4.69) is 5.16 Å². The first-order valence-corrected chi connectivity index (χ1v) is 8.88. The fourth-order valence-electron chi connectivity index (χ4n) is 2.95. The average Bonchev–Trinajstić information content (AvgIpc) is 3.02. The van der Waals surface area contributed by atoms with E-state index < -0.39 is 0 Å². The van der Waals surface area contributed by atoms with E-state index in [9.17, 15) is 4.79 Å². The summed E-state index contributed by atoms with van der Waals surface area (Å²) in [5, 5.41) is 4.35. The number of fused-ring (bicyclic) bond motifs is 1. The second-order valence-electron chi connectivity index (χ2n) is 6.48. The van der Waals surface area contributed by atoms with Crippen LogP contribution in [0.15, 0.2) is 62.3 Å². The van der Waals surface area contributed by atoms with E-state index in [0.717, 1.165) is 17.0 Å². The van der Waals surface area contributed by atoms with Crippen molar-refractivity contribution in [3.63, 3.8) is 0 Å². The number of hydrogen-bond acceptors (Lipinski definition) is 6. The third-order valence-corrected chi connectivity index (χ3v) is 4.51. The fraction of sp³-hybridized carbons (Fsp3) is 0.182. The van der Waals surface area contributed by atoms with Gasteiger partial charge in [0.25, 0.3) is 0 Å². The van der Waals surface area contributed by atoms with E-state index in [1.807, 2.05) is 32.0 Å². The van der Waals surface area contributed by atoms with Gasteiger partial charge in [0, 0.05) is 6.07 Å². The quantitative estimate of drug-likeness (QED) is 0.483. The van der Waals surface area contributed by atoms with E-state index >= 15 is 0 Å². The number of hydrogen-bond donors (Lipinski definition) is 0. The third kappa shape index (κ3) is 3.36. The highest BCUT2D eigenvalue weighted by Gasteiger charge is 2.15. The molecule has 0 amide bonds. The molecule has 0 aliphatic heterocycles. The zero-order valence-corrected chi connectivity index (χ0v) is 15.8. The van der Waals surface area contributed by atoms with Crippen LogP contribution in [0.4, 0.5) is 0 Å². The number of ether oxygens (including phenoxy) is 2. The minimum Gasteiger partial charge on any atom is -0.489 e. The Balaban J connectivity index is 1.63. The summed E-state index contributed by atoms with van der Waals surface area (Å²) in [6, 6.07) is 14.3. The Morgan fingerprint density at radius 3 is 2.46 bits per heavy atom. The lowest BCUT2D eigenvalue weighted by atomic mass is 10.2. The maximum absolute atomic E-state index is 12.9.